The van der Waals surface area contributed by atoms with Crippen LogP contribution >= 0.6 is 23.2 Å². The second-order valence-electron chi connectivity index (χ2n) is 4.30. The minimum Gasteiger partial charge on any atom is -0.325 e. The summed E-state index contributed by atoms with van der Waals surface area (Å²) in [6, 6.07) is 4.61. The number of hydrogen-bond donors (Lipinski definition) is 2. The maximum Gasteiger partial charge on any atom is 0.253 e. The number of anilines is 1. The highest BCUT2D eigenvalue weighted by Gasteiger charge is 2.38. The highest BCUT2D eigenvalue weighted by atomic mass is 35.5. The lowest BCUT2D eigenvalue weighted by Gasteiger charge is -2.09. The Kier molecular flexibility index (Phi) is 4.15. The number of amides is 3. The zero-order valence-corrected chi connectivity index (χ0v) is 12.0. The second kappa shape index (κ2) is 5.68. The van der Waals surface area contributed by atoms with Gasteiger partial charge in [-0.25, -0.2) is 0 Å². The molecule has 1 fully saturated rings. The van der Waals surface area contributed by atoms with Crippen molar-refractivity contribution >= 4 is 46.6 Å². The Bertz CT molecular complexity index is 591. The molecule has 1 atom stereocenters. The van der Waals surface area contributed by atoms with Gasteiger partial charge in [-0.05, 0) is 18.2 Å². The van der Waals surface area contributed by atoms with Gasteiger partial charge in [-0.3, -0.25) is 24.8 Å². The molecule has 20 heavy (non-hydrogen) atoms. The van der Waals surface area contributed by atoms with Gasteiger partial charge in [-0.15, -0.1) is 0 Å². The number of carbonyl (C=O) groups excluding carboxylic acids is 3. The molecule has 0 spiro atoms. The van der Waals surface area contributed by atoms with Gasteiger partial charge in [0, 0.05) is 18.5 Å². The van der Waals surface area contributed by atoms with Crippen molar-refractivity contribution in [2.24, 2.45) is 5.92 Å². The van der Waals surface area contributed by atoms with E-state index >= 15 is 0 Å². The van der Waals surface area contributed by atoms with Gasteiger partial charge in [-0.2, -0.15) is 0 Å². The zero-order valence-electron chi connectivity index (χ0n) is 10.4. The molecule has 1 unspecified atom stereocenters. The zero-order chi connectivity index (χ0) is 14.9. The van der Waals surface area contributed by atoms with Gasteiger partial charge >= 0.3 is 0 Å². The fraction of sp³-hybridized carbons (Fsp3) is 0.250. The van der Waals surface area contributed by atoms with E-state index in [4.69, 9.17) is 23.2 Å². The van der Waals surface area contributed by atoms with Crippen LogP contribution in [0.4, 0.5) is 5.69 Å². The highest BCUT2D eigenvalue weighted by Crippen LogP contribution is 2.26. The van der Waals surface area contributed by atoms with Crippen molar-refractivity contribution in [1.29, 1.82) is 0 Å². The van der Waals surface area contributed by atoms with Crippen molar-refractivity contribution in [2.75, 3.05) is 12.4 Å². The maximum absolute atomic E-state index is 11.8. The van der Waals surface area contributed by atoms with Crippen LogP contribution in [0.2, 0.25) is 10.0 Å². The summed E-state index contributed by atoms with van der Waals surface area (Å²) in [5.41, 5.74) is 2.70. The Hall–Kier alpha value is -1.79. The summed E-state index contributed by atoms with van der Waals surface area (Å²) in [6.45, 7) is 0. The summed E-state index contributed by atoms with van der Waals surface area (Å²) < 4.78 is 0. The van der Waals surface area contributed by atoms with Crippen molar-refractivity contribution in [3.63, 3.8) is 0 Å². The Balaban J connectivity index is 2.03. The SMILES string of the molecule is CN1NC(=O)C(CC(=O)Nc2ccc(Cl)cc2Cl)C1=O. The van der Waals surface area contributed by atoms with Gasteiger partial charge in [0.15, 0.2) is 0 Å². The molecule has 2 rings (SSSR count). The minimum absolute atomic E-state index is 0.242. The van der Waals surface area contributed by atoms with Crippen molar-refractivity contribution < 1.29 is 14.4 Å². The number of nitrogens with zero attached hydrogens (tertiary/aromatic N) is 1. The number of halogens is 2. The van der Waals surface area contributed by atoms with Gasteiger partial charge < -0.3 is 5.32 Å². The first-order valence-corrected chi connectivity index (χ1v) is 6.47. The van der Waals surface area contributed by atoms with Gasteiger partial charge in [0.05, 0.1) is 10.7 Å². The van der Waals surface area contributed by atoms with Crippen LogP contribution < -0.4 is 10.7 Å². The summed E-state index contributed by atoms with van der Waals surface area (Å²) >= 11 is 11.7. The van der Waals surface area contributed by atoms with Crippen molar-refractivity contribution in [3.8, 4) is 0 Å². The smallest absolute Gasteiger partial charge is 0.253 e. The van der Waals surface area contributed by atoms with E-state index < -0.39 is 23.6 Å². The lowest BCUT2D eigenvalue weighted by Crippen LogP contribution is -2.31. The monoisotopic (exact) mass is 315 g/mol. The van der Waals surface area contributed by atoms with Crippen molar-refractivity contribution in [1.82, 2.24) is 10.4 Å². The molecule has 0 aromatic heterocycles. The van der Waals surface area contributed by atoms with E-state index in [2.05, 4.69) is 10.7 Å². The molecule has 0 saturated carbocycles. The van der Waals surface area contributed by atoms with Crippen LogP contribution in [0.25, 0.3) is 0 Å². The Labute approximate surface area is 125 Å². The van der Waals surface area contributed by atoms with E-state index in [-0.39, 0.29) is 11.4 Å². The summed E-state index contributed by atoms with van der Waals surface area (Å²) in [5.74, 6) is -2.41. The molecule has 1 aliphatic rings. The molecule has 1 aromatic carbocycles. The second-order valence-corrected chi connectivity index (χ2v) is 5.15. The molecule has 2 N–H and O–H groups in total. The van der Waals surface area contributed by atoms with Gasteiger partial charge in [0.1, 0.15) is 5.92 Å². The van der Waals surface area contributed by atoms with Crippen LogP contribution in [-0.4, -0.2) is 29.8 Å². The molecular weight excluding hydrogens is 305 g/mol. The Morgan fingerprint density at radius 3 is 2.65 bits per heavy atom. The van der Waals surface area contributed by atoms with Crippen LogP contribution in [0.1, 0.15) is 6.42 Å². The summed E-state index contributed by atoms with van der Waals surface area (Å²) in [7, 11) is 1.42. The van der Waals surface area contributed by atoms with E-state index in [1.54, 1.807) is 12.1 Å². The standard InChI is InChI=1S/C12H11Cl2N3O3/c1-17-12(20)7(11(19)16-17)5-10(18)15-9-3-2-6(13)4-8(9)14/h2-4,7H,5H2,1H3,(H,15,18)(H,16,19). The third-order valence-electron chi connectivity index (χ3n) is 2.82. The van der Waals surface area contributed by atoms with E-state index in [9.17, 15) is 14.4 Å². The highest BCUT2D eigenvalue weighted by molar-refractivity contribution is 6.36. The Morgan fingerprint density at radius 2 is 2.10 bits per heavy atom. The fourth-order valence-corrected chi connectivity index (χ4v) is 2.26. The first-order chi connectivity index (χ1) is 9.38. The van der Waals surface area contributed by atoms with Gasteiger partial charge in [-0.1, -0.05) is 23.2 Å². The lowest BCUT2D eigenvalue weighted by atomic mass is 10.0. The molecule has 1 aromatic rings. The van der Waals surface area contributed by atoms with E-state index in [0.717, 1.165) is 5.01 Å². The number of benzene rings is 1. The van der Waals surface area contributed by atoms with Crippen molar-refractivity contribution in [3.05, 3.63) is 28.2 Å². The van der Waals surface area contributed by atoms with Crippen LogP contribution in [0, 0.1) is 5.92 Å². The molecule has 6 nitrogen and oxygen atoms in total. The first-order valence-electron chi connectivity index (χ1n) is 5.71. The number of rotatable bonds is 3. The van der Waals surface area contributed by atoms with Crippen LogP contribution in [0.15, 0.2) is 18.2 Å². The molecule has 106 valence electrons. The van der Waals surface area contributed by atoms with Crippen LogP contribution in [-0.2, 0) is 14.4 Å². The minimum atomic E-state index is -1.01. The van der Waals surface area contributed by atoms with E-state index in [1.165, 1.54) is 13.1 Å². The summed E-state index contributed by atoms with van der Waals surface area (Å²) in [6.07, 6.45) is -0.242. The molecule has 1 saturated heterocycles. The average molecular weight is 316 g/mol. The third kappa shape index (κ3) is 3.02. The summed E-state index contributed by atoms with van der Waals surface area (Å²) in [5, 5.41) is 4.33. The number of hydrazine groups is 1. The normalized spacial score (nSPS) is 18.1. The molecule has 0 aliphatic carbocycles. The molecule has 0 radical (unpaired) electrons. The fourth-order valence-electron chi connectivity index (χ4n) is 1.80. The maximum atomic E-state index is 11.8. The lowest BCUT2D eigenvalue weighted by molar-refractivity contribution is -0.134. The Morgan fingerprint density at radius 1 is 1.40 bits per heavy atom. The number of nitrogens with one attached hydrogen (secondary N) is 2. The molecule has 3 amide bonds. The van der Waals surface area contributed by atoms with Crippen LogP contribution in [0.5, 0.6) is 0 Å². The van der Waals surface area contributed by atoms with E-state index in [0.29, 0.717) is 10.7 Å². The average Bonchev–Trinajstić information content (AvgIpc) is 2.60. The molecule has 1 heterocycles. The molecule has 1 aliphatic heterocycles. The molecule has 0 bridgehead atoms. The van der Waals surface area contributed by atoms with Gasteiger partial charge in [0.2, 0.25) is 5.91 Å². The molecule has 8 heteroatoms. The largest absolute Gasteiger partial charge is 0.325 e. The third-order valence-corrected chi connectivity index (χ3v) is 3.37. The number of hydrogen-bond acceptors (Lipinski definition) is 3. The van der Waals surface area contributed by atoms with Gasteiger partial charge in [0.25, 0.3) is 11.8 Å². The quantitative estimate of drug-likeness (QED) is 0.828. The molecular formula is C12H11Cl2N3O3. The number of carbonyl (C=O) groups is 3. The van der Waals surface area contributed by atoms with Crippen LogP contribution in [0.3, 0.4) is 0 Å². The first kappa shape index (κ1) is 14.6. The van der Waals surface area contributed by atoms with Crippen molar-refractivity contribution in [2.45, 2.75) is 6.42 Å². The predicted octanol–water partition coefficient (Wildman–Crippen LogP) is 1.44. The topological polar surface area (TPSA) is 78.5 Å². The summed E-state index contributed by atoms with van der Waals surface area (Å²) in [4.78, 5) is 35.0. The predicted molar refractivity (Wildman–Crippen MR) is 74.1 cm³/mol. The van der Waals surface area contributed by atoms with E-state index in [1.807, 2.05) is 0 Å².